The Balaban J connectivity index is 0. The van der Waals surface area contributed by atoms with E-state index in [4.69, 9.17) is 9.53 Å². The maximum Gasteiger partial charge on any atom is 0.204 e. The monoisotopic (exact) mass is 345 g/mol. The van der Waals surface area contributed by atoms with Crippen LogP contribution in [0.25, 0.3) is 0 Å². The summed E-state index contributed by atoms with van der Waals surface area (Å²) in [6.45, 7) is 20.9. The van der Waals surface area contributed by atoms with Crippen LogP contribution in [0.5, 0.6) is 0 Å². The molecule has 2 N–H and O–H groups in total. The van der Waals surface area contributed by atoms with Crippen LogP contribution in [-0.2, 0) is 9.53 Å². The average Bonchev–Trinajstić information content (AvgIpc) is 2.55. The predicted octanol–water partition coefficient (Wildman–Crippen LogP) is 2.98. The fourth-order valence-electron chi connectivity index (χ4n) is 2.60. The number of hydrogen-bond donors (Lipinski definition) is 1. The van der Waals surface area contributed by atoms with Gasteiger partial charge >= 0.3 is 0 Å². The zero-order valence-electron chi connectivity index (χ0n) is 17.1. The van der Waals surface area contributed by atoms with Gasteiger partial charge in [0.2, 0.25) is 6.41 Å². The van der Waals surface area contributed by atoms with Gasteiger partial charge in [0.1, 0.15) is 0 Å². The van der Waals surface area contributed by atoms with Crippen LogP contribution in [0.15, 0.2) is 0 Å². The van der Waals surface area contributed by atoms with Crippen molar-refractivity contribution in [3.05, 3.63) is 0 Å². The van der Waals surface area contributed by atoms with Crippen LogP contribution in [0.2, 0.25) is 0 Å². The fraction of sp³-hybridized carbons (Fsp3) is 0.947. The van der Waals surface area contributed by atoms with Crippen LogP contribution in [0.1, 0.15) is 60.8 Å². The molecular formula is C19H43N3O2. The van der Waals surface area contributed by atoms with Gasteiger partial charge in [-0.25, -0.2) is 0 Å². The van der Waals surface area contributed by atoms with Crippen LogP contribution in [-0.4, -0.2) is 68.2 Å². The number of nitrogens with two attached hydrogens (primary N) is 1. The molecule has 2 aliphatic rings. The topological polar surface area (TPSA) is 58.8 Å². The number of carbonyl (C=O) groups is 1. The molecule has 1 amide bonds. The third kappa shape index (κ3) is 13.8. The molecule has 1 aliphatic carbocycles. The molecule has 0 aromatic rings. The van der Waals surface area contributed by atoms with Gasteiger partial charge in [-0.05, 0) is 25.2 Å². The summed E-state index contributed by atoms with van der Waals surface area (Å²) in [5, 5.41) is 0. The number of ether oxygens (including phenoxy) is 1. The predicted molar refractivity (Wildman–Crippen MR) is 104 cm³/mol. The summed E-state index contributed by atoms with van der Waals surface area (Å²) in [6.07, 6.45) is 4.81. The lowest BCUT2D eigenvalue weighted by Gasteiger charge is -2.36. The number of piperazine rings is 1. The number of nitrogens with zero attached hydrogens (tertiary/aromatic N) is 2. The molecule has 5 heteroatoms. The third-order valence-electron chi connectivity index (χ3n) is 3.90. The molecule has 1 saturated heterocycles. The van der Waals surface area contributed by atoms with Gasteiger partial charge in [0.15, 0.2) is 0 Å². The van der Waals surface area contributed by atoms with E-state index < -0.39 is 0 Å². The molecular weight excluding hydrogens is 302 g/mol. The molecule has 146 valence electrons. The SMILES string of the molecule is CC.CC.CC(C)CN1CCN(CCOC2CCC2)CC1.NC=O. The van der Waals surface area contributed by atoms with Crippen molar-refractivity contribution in [1.29, 1.82) is 0 Å². The van der Waals surface area contributed by atoms with E-state index in [1.807, 2.05) is 27.7 Å². The van der Waals surface area contributed by atoms with Gasteiger partial charge in [-0.1, -0.05) is 41.5 Å². The highest BCUT2D eigenvalue weighted by atomic mass is 16.5. The van der Waals surface area contributed by atoms with Crippen LogP contribution in [0, 0.1) is 5.92 Å². The maximum atomic E-state index is 8.58. The van der Waals surface area contributed by atoms with E-state index in [0.29, 0.717) is 6.10 Å². The van der Waals surface area contributed by atoms with Crippen molar-refractivity contribution in [2.24, 2.45) is 11.7 Å². The smallest absolute Gasteiger partial charge is 0.204 e. The Morgan fingerprint density at radius 2 is 1.50 bits per heavy atom. The second kappa shape index (κ2) is 18.7. The van der Waals surface area contributed by atoms with Gasteiger partial charge in [-0.2, -0.15) is 0 Å². The summed E-state index contributed by atoms with van der Waals surface area (Å²) >= 11 is 0. The van der Waals surface area contributed by atoms with E-state index in [1.165, 1.54) is 52.0 Å². The first kappa shape index (κ1) is 25.6. The highest BCUT2D eigenvalue weighted by Gasteiger charge is 2.20. The van der Waals surface area contributed by atoms with E-state index in [9.17, 15) is 0 Å². The molecule has 0 unspecified atom stereocenters. The first-order chi connectivity index (χ1) is 11.7. The zero-order valence-corrected chi connectivity index (χ0v) is 17.1. The summed E-state index contributed by atoms with van der Waals surface area (Å²) in [5.74, 6) is 0.795. The van der Waals surface area contributed by atoms with Gasteiger partial charge in [0, 0.05) is 39.3 Å². The second-order valence-electron chi connectivity index (χ2n) is 6.10. The first-order valence-electron chi connectivity index (χ1n) is 9.87. The van der Waals surface area contributed by atoms with Gasteiger partial charge in [-0.3, -0.25) is 9.69 Å². The summed E-state index contributed by atoms with van der Waals surface area (Å²) in [7, 11) is 0. The fourth-order valence-corrected chi connectivity index (χ4v) is 2.60. The maximum absolute atomic E-state index is 8.58. The summed E-state index contributed by atoms with van der Waals surface area (Å²) in [6, 6.07) is 0. The highest BCUT2D eigenvalue weighted by molar-refractivity contribution is 5.42. The minimum atomic E-state index is 0.250. The Morgan fingerprint density at radius 1 is 1.04 bits per heavy atom. The van der Waals surface area contributed by atoms with Crippen molar-refractivity contribution in [3.8, 4) is 0 Å². The molecule has 5 nitrogen and oxygen atoms in total. The van der Waals surface area contributed by atoms with Crippen molar-refractivity contribution in [3.63, 3.8) is 0 Å². The largest absolute Gasteiger partial charge is 0.377 e. The minimum Gasteiger partial charge on any atom is -0.377 e. The quantitative estimate of drug-likeness (QED) is 0.752. The van der Waals surface area contributed by atoms with Crippen molar-refractivity contribution in [2.75, 3.05) is 45.9 Å². The number of rotatable bonds is 6. The van der Waals surface area contributed by atoms with Crippen LogP contribution in [0.4, 0.5) is 0 Å². The summed E-state index contributed by atoms with van der Waals surface area (Å²) in [5.41, 5.74) is 4.17. The van der Waals surface area contributed by atoms with Crippen LogP contribution in [0.3, 0.4) is 0 Å². The van der Waals surface area contributed by atoms with Crippen LogP contribution >= 0.6 is 0 Å². The minimum absolute atomic E-state index is 0.250. The molecule has 0 atom stereocenters. The van der Waals surface area contributed by atoms with E-state index in [-0.39, 0.29) is 6.41 Å². The third-order valence-corrected chi connectivity index (χ3v) is 3.90. The highest BCUT2D eigenvalue weighted by Crippen LogP contribution is 2.21. The molecule has 1 aliphatic heterocycles. The van der Waals surface area contributed by atoms with E-state index >= 15 is 0 Å². The Morgan fingerprint density at radius 3 is 1.88 bits per heavy atom. The molecule has 1 heterocycles. The molecule has 0 spiro atoms. The van der Waals surface area contributed by atoms with Crippen molar-refractivity contribution in [1.82, 2.24) is 9.80 Å². The lowest BCUT2D eigenvalue weighted by Crippen LogP contribution is -2.48. The average molecular weight is 346 g/mol. The Bertz CT molecular complexity index is 251. The lowest BCUT2D eigenvalue weighted by atomic mass is 9.96. The lowest BCUT2D eigenvalue weighted by molar-refractivity contribution is -0.106. The van der Waals surface area contributed by atoms with Crippen molar-refractivity contribution >= 4 is 6.41 Å². The molecule has 0 aromatic heterocycles. The van der Waals surface area contributed by atoms with Gasteiger partial charge in [-0.15, -0.1) is 0 Å². The molecule has 1 saturated carbocycles. The Kier molecular flexibility index (Phi) is 19.9. The number of carbonyl (C=O) groups excluding carboxylic acids is 1. The Hall–Kier alpha value is -0.650. The second-order valence-corrected chi connectivity index (χ2v) is 6.10. The van der Waals surface area contributed by atoms with E-state index in [0.717, 1.165) is 19.1 Å². The summed E-state index contributed by atoms with van der Waals surface area (Å²) in [4.78, 5) is 13.7. The van der Waals surface area contributed by atoms with Gasteiger partial charge in [0.05, 0.1) is 12.7 Å². The standard InChI is InChI=1S/C14H28N2O.2C2H6.CH3NO/c1-13(2)12-16-8-6-15(7-9-16)10-11-17-14-4-3-5-14;2*1-2;2-1-3/h13-14H,3-12H2,1-2H3;2*1-2H3;1H,(H2,2,3). The van der Waals surface area contributed by atoms with Crippen LogP contribution < -0.4 is 5.73 Å². The Labute approximate surface area is 150 Å². The zero-order chi connectivity index (χ0) is 18.8. The van der Waals surface area contributed by atoms with Crippen molar-refractivity contribution in [2.45, 2.75) is 66.9 Å². The molecule has 24 heavy (non-hydrogen) atoms. The number of primary amides is 1. The van der Waals surface area contributed by atoms with E-state index in [2.05, 4.69) is 29.4 Å². The normalized spacial score (nSPS) is 18.1. The first-order valence-corrected chi connectivity index (χ1v) is 9.87. The van der Waals surface area contributed by atoms with E-state index in [1.54, 1.807) is 0 Å². The van der Waals surface area contributed by atoms with Gasteiger partial charge < -0.3 is 15.4 Å². The van der Waals surface area contributed by atoms with Crippen molar-refractivity contribution < 1.29 is 9.53 Å². The molecule has 0 bridgehead atoms. The molecule has 0 radical (unpaired) electrons. The molecule has 0 aromatic carbocycles. The molecule has 2 fully saturated rings. The van der Waals surface area contributed by atoms with Gasteiger partial charge in [0.25, 0.3) is 0 Å². The summed E-state index contributed by atoms with van der Waals surface area (Å²) < 4.78 is 5.82. The molecule has 2 rings (SSSR count). The number of hydrogen-bond acceptors (Lipinski definition) is 4. The number of amides is 1.